The largest absolute Gasteiger partial charge is 0.361 e. The van der Waals surface area contributed by atoms with Gasteiger partial charge >= 0.3 is 0 Å². The molecule has 6 nitrogen and oxygen atoms in total. The Kier molecular flexibility index (Phi) is 4.14. The number of rotatable bonds is 4. The first-order valence-electron chi connectivity index (χ1n) is 9.20. The molecule has 0 bridgehead atoms. The van der Waals surface area contributed by atoms with E-state index in [1.807, 2.05) is 54.7 Å². The number of fused-ring (bicyclic) bond motifs is 2. The topological polar surface area (TPSA) is 86.5 Å². The fourth-order valence-electron chi connectivity index (χ4n) is 3.39. The van der Waals surface area contributed by atoms with Gasteiger partial charge in [0, 0.05) is 46.8 Å². The second kappa shape index (κ2) is 7.09. The van der Waals surface area contributed by atoms with Gasteiger partial charge in [-0.3, -0.25) is 9.78 Å². The molecule has 1 amide bonds. The predicted molar refractivity (Wildman–Crippen MR) is 115 cm³/mol. The van der Waals surface area contributed by atoms with Crippen molar-refractivity contribution in [2.24, 2.45) is 0 Å². The molecule has 0 radical (unpaired) electrons. The summed E-state index contributed by atoms with van der Waals surface area (Å²) in [5.74, 6) is -0.196. The van der Waals surface area contributed by atoms with Gasteiger partial charge in [0.25, 0.3) is 0 Å². The molecular weight excluding hydrogens is 362 g/mol. The van der Waals surface area contributed by atoms with E-state index in [0.717, 1.165) is 44.3 Å². The number of aromatic nitrogens is 4. The Balaban J connectivity index is 1.39. The maximum Gasteiger partial charge on any atom is 0.248 e. The molecule has 0 spiro atoms. The van der Waals surface area contributed by atoms with E-state index < -0.39 is 0 Å². The van der Waals surface area contributed by atoms with Crippen molar-refractivity contribution in [3.63, 3.8) is 0 Å². The number of carbonyl (C=O) groups excluding carboxylic acids is 1. The van der Waals surface area contributed by atoms with Crippen LogP contribution in [0, 0.1) is 0 Å². The molecule has 2 aromatic carbocycles. The van der Waals surface area contributed by atoms with E-state index in [2.05, 4.69) is 25.3 Å². The molecule has 0 aliphatic heterocycles. The van der Waals surface area contributed by atoms with E-state index in [1.165, 1.54) is 6.08 Å². The van der Waals surface area contributed by atoms with Crippen LogP contribution in [0.3, 0.4) is 0 Å². The molecule has 140 valence electrons. The third-order valence-electron chi connectivity index (χ3n) is 4.82. The number of hydrogen-bond acceptors (Lipinski definition) is 3. The van der Waals surface area contributed by atoms with Crippen LogP contribution in [-0.2, 0) is 4.79 Å². The summed E-state index contributed by atoms with van der Waals surface area (Å²) < 4.78 is 0. The number of imidazole rings is 1. The molecule has 0 aliphatic carbocycles. The molecule has 3 N–H and O–H groups in total. The molecule has 5 aromatic rings. The van der Waals surface area contributed by atoms with Crippen LogP contribution in [-0.4, -0.2) is 25.8 Å². The summed E-state index contributed by atoms with van der Waals surface area (Å²) in [4.78, 5) is 27.1. The quantitative estimate of drug-likeness (QED) is 0.394. The highest BCUT2D eigenvalue weighted by Crippen LogP contribution is 2.26. The standard InChI is InChI=1S/C23H17N5O/c29-23(28-18-3-5-20-16(11-18)7-10-25-20)6-2-17-13-24-9-8-19(17)15-1-4-21-22(12-15)27-14-26-21/h1-14,25H,(H,26,27)(H,28,29)/b6-2+. The van der Waals surface area contributed by atoms with Crippen LogP contribution < -0.4 is 5.32 Å². The van der Waals surface area contributed by atoms with Crippen LogP contribution in [0.5, 0.6) is 0 Å². The van der Waals surface area contributed by atoms with E-state index in [0.29, 0.717) is 0 Å². The van der Waals surface area contributed by atoms with Crippen molar-refractivity contribution < 1.29 is 4.79 Å². The Labute approximate surface area is 166 Å². The summed E-state index contributed by atoms with van der Waals surface area (Å²) >= 11 is 0. The van der Waals surface area contributed by atoms with Crippen LogP contribution >= 0.6 is 0 Å². The van der Waals surface area contributed by atoms with Gasteiger partial charge in [-0.05, 0) is 59.7 Å². The minimum absolute atomic E-state index is 0.196. The third-order valence-corrected chi connectivity index (χ3v) is 4.82. The van der Waals surface area contributed by atoms with Gasteiger partial charge in [-0.25, -0.2) is 4.98 Å². The molecule has 0 atom stereocenters. The Morgan fingerprint density at radius 2 is 1.97 bits per heavy atom. The summed E-state index contributed by atoms with van der Waals surface area (Å²) in [6.45, 7) is 0. The zero-order chi connectivity index (χ0) is 19.6. The van der Waals surface area contributed by atoms with Crippen LogP contribution in [0.4, 0.5) is 5.69 Å². The molecule has 0 saturated carbocycles. The Hall–Kier alpha value is -4.19. The third kappa shape index (κ3) is 3.39. The van der Waals surface area contributed by atoms with Gasteiger partial charge in [0.2, 0.25) is 5.91 Å². The number of carbonyl (C=O) groups is 1. The molecule has 29 heavy (non-hydrogen) atoms. The average Bonchev–Trinajstić information content (AvgIpc) is 3.40. The molecular formula is C23H17N5O. The second-order valence-electron chi connectivity index (χ2n) is 6.70. The number of aromatic amines is 2. The van der Waals surface area contributed by atoms with Crippen molar-refractivity contribution in [2.45, 2.75) is 0 Å². The van der Waals surface area contributed by atoms with Crippen LogP contribution in [0.25, 0.3) is 39.1 Å². The summed E-state index contributed by atoms with van der Waals surface area (Å²) in [5.41, 5.74) is 6.56. The first-order valence-corrected chi connectivity index (χ1v) is 9.20. The number of amides is 1. The lowest BCUT2D eigenvalue weighted by molar-refractivity contribution is -0.111. The zero-order valence-corrected chi connectivity index (χ0v) is 15.4. The monoisotopic (exact) mass is 379 g/mol. The average molecular weight is 379 g/mol. The lowest BCUT2D eigenvalue weighted by Gasteiger charge is -2.06. The van der Waals surface area contributed by atoms with E-state index in [9.17, 15) is 4.79 Å². The van der Waals surface area contributed by atoms with Crippen molar-refractivity contribution in [3.05, 3.63) is 85.1 Å². The number of pyridine rings is 1. The van der Waals surface area contributed by atoms with Gasteiger partial charge < -0.3 is 15.3 Å². The normalized spacial score (nSPS) is 11.4. The molecule has 0 aliphatic rings. The minimum atomic E-state index is -0.196. The van der Waals surface area contributed by atoms with Crippen molar-refractivity contribution in [2.75, 3.05) is 5.32 Å². The Morgan fingerprint density at radius 3 is 2.93 bits per heavy atom. The van der Waals surface area contributed by atoms with Gasteiger partial charge in [-0.15, -0.1) is 0 Å². The maximum atomic E-state index is 12.4. The highest BCUT2D eigenvalue weighted by molar-refractivity contribution is 6.03. The number of nitrogens with zero attached hydrogens (tertiary/aromatic N) is 2. The number of benzene rings is 2. The first kappa shape index (κ1) is 16.9. The van der Waals surface area contributed by atoms with E-state index in [1.54, 1.807) is 24.8 Å². The fourth-order valence-corrected chi connectivity index (χ4v) is 3.39. The van der Waals surface area contributed by atoms with Gasteiger partial charge in [-0.2, -0.15) is 0 Å². The maximum absolute atomic E-state index is 12.4. The van der Waals surface area contributed by atoms with Crippen molar-refractivity contribution in [1.29, 1.82) is 0 Å². The van der Waals surface area contributed by atoms with Gasteiger partial charge in [0.05, 0.1) is 17.4 Å². The highest BCUT2D eigenvalue weighted by atomic mass is 16.1. The lowest BCUT2D eigenvalue weighted by Crippen LogP contribution is -2.07. The van der Waals surface area contributed by atoms with Gasteiger partial charge in [0.1, 0.15) is 0 Å². The predicted octanol–water partition coefficient (Wildman–Crippen LogP) is 4.76. The first-order chi connectivity index (χ1) is 14.3. The van der Waals surface area contributed by atoms with E-state index >= 15 is 0 Å². The SMILES string of the molecule is O=C(/C=C/c1cnccc1-c1ccc2nc[nH]c2c1)Nc1ccc2[nH]ccc2c1. The summed E-state index contributed by atoms with van der Waals surface area (Å²) in [6, 6.07) is 15.7. The second-order valence-corrected chi connectivity index (χ2v) is 6.70. The molecule has 3 heterocycles. The molecule has 6 heteroatoms. The number of hydrogen-bond donors (Lipinski definition) is 3. The molecule has 0 unspecified atom stereocenters. The van der Waals surface area contributed by atoms with Crippen LogP contribution in [0.1, 0.15) is 5.56 Å². The lowest BCUT2D eigenvalue weighted by atomic mass is 10.0. The summed E-state index contributed by atoms with van der Waals surface area (Å²) in [7, 11) is 0. The number of nitrogens with one attached hydrogen (secondary N) is 3. The van der Waals surface area contributed by atoms with Gasteiger partial charge in [0.15, 0.2) is 0 Å². The molecule has 3 aromatic heterocycles. The smallest absolute Gasteiger partial charge is 0.248 e. The van der Waals surface area contributed by atoms with Crippen molar-refractivity contribution in [1.82, 2.24) is 19.9 Å². The number of H-pyrrole nitrogens is 2. The zero-order valence-electron chi connectivity index (χ0n) is 15.4. The fraction of sp³-hybridized carbons (Fsp3) is 0. The van der Waals surface area contributed by atoms with Crippen LogP contribution in [0.15, 0.2) is 79.5 Å². The van der Waals surface area contributed by atoms with E-state index in [-0.39, 0.29) is 5.91 Å². The molecule has 0 fully saturated rings. The molecule has 0 saturated heterocycles. The van der Waals surface area contributed by atoms with E-state index in [4.69, 9.17) is 0 Å². The van der Waals surface area contributed by atoms with Crippen molar-refractivity contribution >= 4 is 39.6 Å². The Morgan fingerprint density at radius 1 is 1.00 bits per heavy atom. The summed E-state index contributed by atoms with van der Waals surface area (Å²) in [6.07, 6.45) is 10.4. The van der Waals surface area contributed by atoms with Gasteiger partial charge in [-0.1, -0.05) is 6.07 Å². The Bertz CT molecular complexity index is 1360. The molecule has 5 rings (SSSR count). The van der Waals surface area contributed by atoms with Crippen LogP contribution in [0.2, 0.25) is 0 Å². The summed E-state index contributed by atoms with van der Waals surface area (Å²) in [5, 5.41) is 3.95. The number of anilines is 1. The highest BCUT2D eigenvalue weighted by Gasteiger charge is 2.06. The van der Waals surface area contributed by atoms with Crippen molar-refractivity contribution in [3.8, 4) is 11.1 Å². The minimum Gasteiger partial charge on any atom is -0.361 e.